The normalized spacial score (nSPS) is 16.3. The first-order chi connectivity index (χ1) is 9.16. The lowest BCUT2D eigenvalue weighted by Crippen LogP contribution is -2.39. The molecule has 6 heteroatoms. The van der Waals surface area contributed by atoms with Crippen molar-refractivity contribution in [2.24, 2.45) is 5.73 Å². The molecule has 0 atom stereocenters. The number of hydrogen-bond acceptors (Lipinski definition) is 4. The zero-order valence-electron chi connectivity index (χ0n) is 10.7. The molecule has 4 nitrogen and oxygen atoms in total. The minimum absolute atomic E-state index is 0.358. The summed E-state index contributed by atoms with van der Waals surface area (Å²) in [6.45, 7) is 5.44. The van der Waals surface area contributed by atoms with Crippen LogP contribution in [0.1, 0.15) is 5.56 Å². The molecule has 1 aliphatic rings. The predicted octanol–water partition coefficient (Wildman–Crippen LogP) is 1.72. The average Bonchev–Trinajstić information content (AvgIpc) is 2.41. The van der Waals surface area contributed by atoms with Gasteiger partial charge in [-0.15, -0.1) is 0 Å². The molecular weight excluding hydrogens is 282 g/mol. The van der Waals surface area contributed by atoms with E-state index in [-0.39, 0.29) is 0 Å². The molecule has 0 radical (unpaired) electrons. The van der Waals surface area contributed by atoms with Crippen LogP contribution in [0.15, 0.2) is 18.2 Å². The summed E-state index contributed by atoms with van der Waals surface area (Å²) >= 11 is 11.0. The van der Waals surface area contributed by atoms with E-state index in [9.17, 15) is 0 Å². The SMILES string of the molecule is NC(=S)c1cc(Cl)ccc1NCCN1CCOCC1. The highest BCUT2D eigenvalue weighted by atomic mass is 35.5. The van der Waals surface area contributed by atoms with Crippen molar-refractivity contribution in [1.29, 1.82) is 0 Å². The minimum Gasteiger partial charge on any atom is -0.389 e. The Morgan fingerprint density at radius 2 is 2.16 bits per heavy atom. The fourth-order valence-corrected chi connectivity index (χ4v) is 2.39. The molecular formula is C13H18ClN3OS. The number of nitrogens with two attached hydrogens (primary N) is 1. The van der Waals surface area contributed by atoms with Crippen LogP contribution in [-0.2, 0) is 4.74 Å². The number of ether oxygens (including phenoxy) is 1. The van der Waals surface area contributed by atoms with E-state index < -0.39 is 0 Å². The zero-order chi connectivity index (χ0) is 13.7. The van der Waals surface area contributed by atoms with Crippen molar-refractivity contribution >= 4 is 34.5 Å². The highest BCUT2D eigenvalue weighted by molar-refractivity contribution is 7.80. The highest BCUT2D eigenvalue weighted by Crippen LogP contribution is 2.20. The molecule has 19 heavy (non-hydrogen) atoms. The minimum atomic E-state index is 0.358. The summed E-state index contributed by atoms with van der Waals surface area (Å²) in [4.78, 5) is 2.73. The van der Waals surface area contributed by atoms with Gasteiger partial charge in [0.25, 0.3) is 0 Å². The van der Waals surface area contributed by atoms with Gasteiger partial charge in [0, 0.05) is 42.5 Å². The first-order valence-corrected chi connectivity index (χ1v) is 7.09. The molecule has 0 spiro atoms. The molecule has 1 saturated heterocycles. The van der Waals surface area contributed by atoms with Gasteiger partial charge >= 0.3 is 0 Å². The summed E-state index contributed by atoms with van der Waals surface area (Å²) in [7, 11) is 0. The number of anilines is 1. The second kappa shape index (κ2) is 7.05. The van der Waals surface area contributed by atoms with Crippen molar-refractivity contribution < 1.29 is 4.74 Å². The summed E-state index contributed by atoms with van der Waals surface area (Å²) in [5.74, 6) is 0. The Morgan fingerprint density at radius 1 is 1.42 bits per heavy atom. The molecule has 1 fully saturated rings. The fraction of sp³-hybridized carbons (Fsp3) is 0.462. The highest BCUT2D eigenvalue weighted by Gasteiger charge is 2.10. The third-order valence-corrected chi connectivity index (χ3v) is 3.55. The number of benzene rings is 1. The smallest absolute Gasteiger partial charge is 0.106 e. The second-order valence-corrected chi connectivity index (χ2v) is 5.31. The second-order valence-electron chi connectivity index (χ2n) is 4.43. The van der Waals surface area contributed by atoms with Crippen molar-refractivity contribution in [3.8, 4) is 0 Å². The summed E-state index contributed by atoms with van der Waals surface area (Å²) in [6.07, 6.45) is 0. The summed E-state index contributed by atoms with van der Waals surface area (Å²) in [5, 5.41) is 4.00. The van der Waals surface area contributed by atoms with Gasteiger partial charge in [0.15, 0.2) is 0 Å². The van der Waals surface area contributed by atoms with Gasteiger partial charge in [0.2, 0.25) is 0 Å². The maximum Gasteiger partial charge on any atom is 0.106 e. The first kappa shape index (κ1) is 14.5. The van der Waals surface area contributed by atoms with Crippen LogP contribution in [0.5, 0.6) is 0 Å². The van der Waals surface area contributed by atoms with Crippen LogP contribution in [-0.4, -0.2) is 49.3 Å². The molecule has 0 aliphatic carbocycles. The van der Waals surface area contributed by atoms with E-state index in [4.69, 9.17) is 34.3 Å². The van der Waals surface area contributed by atoms with E-state index in [1.54, 1.807) is 6.07 Å². The van der Waals surface area contributed by atoms with Crippen LogP contribution in [0.4, 0.5) is 5.69 Å². The quantitative estimate of drug-likeness (QED) is 0.811. The third-order valence-electron chi connectivity index (χ3n) is 3.09. The Balaban J connectivity index is 1.89. The lowest BCUT2D eigenvalue weighted by atomic mass is 10.1. The van der Waals surface area contributed by atoms with Crippen molar-refractivity contribution in [1.82, 2.24) is 4.90 Å². The Morgan fingerprint density at radius 3 is 2.84 bits per heavy atom. The van der Waals surface area contributed by atoms with E-state index in [0.29, 0.717) is 10.0 Å². The lowest BCUT2D eigenvalue weighted by molar-refractivity contribution is 0.0398. The largest absolute Gasteiger partial charge is 0.389 e. The lowest BCUT2D eigenvalue weighted by Gasteiger charge is -2.26. The average molecular weight is 300 g/mol. The number of thiocarbonyl (C=S) groups is 1. The van der Waals surface area contributed by atoms with Gasteiger partial charge in [0.1, 0.15) is 4.99 Å². The zero-order valence-corrected chi connectivity index (χ0v) is 12.3. The maximum atomic E-state index is 5.95. The van der Waals surface area contributed by atoms with Crippen LogP contribution in [0.2, 0.25) is 5.02 Å². The van der Waals surface area contributed by atoms with Gasteiger partial charge in [-0.2, -0.15) is 0 Å². The van der Waals surface area contributed by atoms with Gasteiger partial charge in [-0.3, -0.25) is 4.90 Å². The number of hydrogen-bond donors (Lipinski definition) is 2. The van der Waals surface area contributed by atoms with Crippen LogP contribution in [0, 0.1) is 0 Å². The number of morpholine rings is 1. The Labute approximate surface area is 123 Å². The van der Waals surface area contributed by atoms with E-state index in [0.717, 1.165) is 50.6 Å². The predicted molar refractivity (Wildman–Crippen MR) is 83.1 cm³/mol. The standard InChI is InChI=1S/C13H18ClN3OS/c14-10-1-2-12(11(9-10)13(15)19)16-3-4-17-5-7-18-8-6-17/h1-2,9,16H,3-8H2,(H2,15,19). The van der Waals surface area contributed by atoms with E-state index >= 15 is 0 Å². The Bertz CT molecular complexity index is 450. The fourth-order valence-electron chi connectivity index (χ4n) is 2.05. The molecule has 104 valence electrons. The van der Waals surface area contributed by atoms with Crippen molar-refractivity contribution in [2.75, 3.05) is 44.7 Å². The van der Waals surface area contributed by atoms with Gasteiger partial charge in [-0.25, -0.2) is 0 Å². The maximum absolute atomic E-state index is 5.95. The van der Waals surface area contributed by atoms with Crippen molar-refractivity contribution in [3.63, 3.8) is 0 Å². The molecule has 1 aliphatic heterocycles. The van der Waals surface area contributed by atoms with Crippen molar-refractivity contribution in [2.45, 2.75) is 0 Å². The number of nitrogens with zero attached hydrogens (tertiary/aromatic N) is 1. The summed E-state index contributed by atoms with van der Waals surface area (Å²) < 4.78 is 5.32. The van der Waals surface area contributed by atoms with E-state index in [2.05, 4.69) is 10.2 Å². The van der Waals surface area contributed by atoms with E-state index in [1.807, 2.05) is 12.1 Å². The molecule has 1 aromatic carbocycles. The molecule has 0 unspecified atom stereocenters. The molecule has 0 saturated carbocycles. The molecule has 1 aromatic rings. The van der Waals surface area contributed by atoms with Crippen LogP contribution in [0.25, 0.3) is 0 Å². The van der Waals surface area contributed by atoms with Crippen LogP contribution >= 0.6 is 23.8 Å². The molecule has 2 rings (SSSR count). The van der Waals surface area contributed by atoms with Gasteiger partial charge in [-0.1, -0.05) is 23.8 Å². The van der Waals surface area contributed by atoms with Crippen LogP contribution < -0.4 is 11.1 Å². The number of nitrogens with one attached hydrogen (secondary N) is 1. The Kier molecular flexibility index (Phi) is 5.39. The molecule has 0 amide bonds. The Hall–Kier alpha value is -0.880. The van der Waals surface area contributed by atoms with E-state index in [1.165, 1.54) is 0 Å². The summed E-state index contributed by atoms with van der Waals surface area (Å²) in [5.41, 5.74) is 7.43. The number of halogens is 1. The monoisotopic (exact) mass is 299 g/mol. The molecule has 0 aromatic heterocycles. The molecule has 1 heterocycles. The van der Waals surface area contributed by atoms with Crippen molar-refractivity contribution in [3.05, 3.63) is 28.8 Å². The van der Waals surface area contributed by atoms with Gasteiger partial charge < -0.3 is 15.8 Å². The molecule has 0 bridgehead atoms. The summed E-state index contributed by atoms with van der Waals surface area (Å²) in [6, 6.07) is 5.54. The number of rotatable bonds is 5. The first-order valence-electron chi connectivity index (χ1n) is 6.30. The van der Waals surface area contributed by atoms with Gasteiger partial charge in [0.05, 0.1) is 13.2 Å². The molecule has 3 N–H and O–H groups in total. The van der Waals surface area contributed by atoms with Gasteiger partial charge in [-0.05, 0) is 18.2 Å². The van der Waals surface area contributed by atoms with Crippen LogP contribution in [0.3, 0.4) is 0 Å². The topological polar surface area (TPSA) is 50.5 Å². The third kappa shape index (κ3) is 4.31.